The monoisotopic (exact) mass is 274 g/mol. The molecule has 4 nitrogen and oxygen atoms in total. The second kappa shape index (κ2) is 4.79. The van der Waals surface area contributed by atoms with Crippen LogP contribution in [0.5, 0.6) is 0 Å². The van der Waals surface area contributed by atoms with Crippen molar-refractivity contribution in [2.45, 2.75) is 25.7 Å². The van der Waals surface area contributed by atoms with Gasteiger partial charge in [0.25, 0.3) is 0 Å². The Hall–Kier alpha value is -1.65. The van der Waals surface area contributed by atoms with Crippen molar-refractivity contribution in [2.24, 2.45) is 5.84 Å². The molecule has 2 aromatic rings. The SMILES string of the molecule is Cc1ccc(-c2nc(NN)cc(C3CC3)n2)cc1Cl. The van der Waals surface area contributed by atoms with Crippen LogP contribution in [0.3, 0.4) is 0 Å². The Labute approximate surface area is 117 Å². The molecule has 1 aromatic heterocycles. The van der Waals surface area contributed by atoms with E-state index in [0.29, 0.717) is 17.6 Å². The lowest BCUT2D eigenvalue weighted by atomic mass is 10.1. The zero-order chi connectivity index (χ0) is 13.4. The Bertz CT molecular complexity index is 623. The quantitative estimate of drug-likeness (QED) is 0.666. The molecule has 3 rings (SSSR count). The van der Waals surface area contributed by atoms with Gasteiger partial charge >= 0.3 is 0 Å². The number of hydrazine groups is 1. The topological polar surface area (TPSA) is 63.8 Å². The second-order valence-electron chi connectivity index (χ2n) is 4.88. The van der Waals surface area contributed by atoms with Crippen LogP contribution in [0.25, 0.3) is 11.4 Å². The molecule has 0 bridgehead atoms. The van der Waals surface area contributed by atoms with Crippen molar-refractivity contribution in [3.05, 3.63) is 40.5 Å². The van der Waals surface area contributed by atoms with Gasteiger partial charge in [-0.1, -0.05) is 23.7 Å². The molecule has 3 N–H and O–H groups in total. The van der Waals surface area contributed by atoms with Crippen molar-refractivity contribution in [3.8, 4) is 11.4 Å². The summed E-state index contributed by atoms with van der Waals surface area (Å²) < 4.78 is 0. The summed E-state index contributed by atoms with van der Waals surface area (Å²) in [5.41, 5.74) is 5.61. The van der Waals surface area contributed by atoms with Crippen molar-refractivity contribution in [1.29, 1.82) is 0 Å². The van der Waals surface area contributed by atoms with E-state index in [0.717, 1.165) is 21.8 Å². The summed E-state index contributed by atoms with van der Waals surface area (Å²) in [6.45, 7) is 1.97. The third-order valence-corrected chi connectivity index (χ3v) is 3.73. The molecule has 19 heavy (non-hydrogen) atoms. The van der Waals surface area contributed by atoms with Crippen molar-refractivity contribution < 1.29 is 0 Å². The zero-order valence-corrected chi connectivity index (χ0v) is 11.4. The number of aryl methyl sites for hydroxylation is 1. The molecule has 0 aliphatic heterocycles. The molecule has 1 fully saturated rings. The summed E-state index contributed by atoms with van der Waals surface area (Å²) >= 11 is 6.16. The molecule has 1 saturated carbocycles. The largest absolute Gasteiger partial charge is 0.308 e. The van der Waals surface area contributed by atoms with Crippen LogP contribution in [-0.4, -0.2) is 9.97 Å². The standard InChI is InChI=1S/C14H15ClN4/c1-8-2-3-10(6-11(8)15)14-17-12(9-4-5-9)7-13(18-14)19-16/h2-3,6-7,9H,4-5,16H2,1H3,(H,17,18,19). The molecule has 0 saturated heterocycles. The predicted molar refractivity (Wildman–Crippen MR) is 77.0 cm³/mol. The summed E-state index contributed by atoms with van der Waals surface area (Å²) in [5.74, 6) is 7.33. The first-order chi connectivity index (χ1) is 9.17. The van der Waals surface area contributed by atoms with E-state index < -0.39 is 0 Å². The van der Waals surface area contributed by atoms with Gasteiger partial charge in [-0.3, -0.25) is 0 Å². The summed E-state index contributed by atoms with van der Waals surface area (Å²) in [4.78, 5) is 9.02. The van der Waals surface area contributed by atoms with Gasteiger partial charge in [-0.05, 0) is 31.4 Å². The summed E-state index contributed by atoms with van der Waals surface area (Å²) in [6, 6.07) is 7.76. The fourth-order valence-corrected chi connectivity index (χ4v) is 2.17. The second-order valence-corrected chi connectivity index (χ2v) is 5.29. The van der Waals surface area contributed by atoms with Crippen molar-refractivity contribution in [3.63, 3.8) is 0 Å². The predicted octanol–water partition coefficient (Wildman–Crippen LogP) is 3.27. The molecule has 1 heterocycles. The molecular weight excluding hydrogens is 260 g/mol. The highest BCUT2D eigenvalue weighted by Crippen LogP contribution is 2.40. The number of rotatable bonds is 3. The average molecular weight is 275 g/mol. The van der Waals surface area contributed by atoms with E-state index in [1.165, 1.54) is 12.8 Å². The number of nitrogen functional groups attached to an aromatic ring is 1. The van der Waals surface area contributed by atoms with Gasteiger partial charge in [0.2, 0.25) is 0 Å². The maximum atomic E-state index is 6.16. The molecule has 0 unspecified atom stereocenters. The molecule has 1 aromatic carbocycles. The lowest BCUT2D eigenvalue weighted by Crippen LogP contribution is -2.10. The molecule has 5 heteroatoms. The van der Waals surface area contributed by atoms with E-state index in [1.54, 1.807) is 0 Å². The Morgan fingerprint density at radius 3 is 2.68 bits per heavy atom. The lowest BCUT2D eigenvalue weighted by Gasteiger charge is -2.08. The van der Waals surface area contributed by atoms with Crippen LogP contribution in [-0.2, 0) is 0 Å². The highest BCUT2D eigenvalue weighted by molar-refractivity contribution is 6.31. The third-order valence-electron chi connectivity index (χ3n) is 3.32. The van der Waals surface area contributed by atoms with Crippen molar-refractivity contribution in [2.75, 3.05) is 5.43 Å². The van der Waals surface area contributed by atoms with E-state index in [4.69, 9.17) is 17.4 Å². The Morgan fingerprint density at radius 2 is 2.05 bits per heavy atom. The van der Waals surface area contributed by atoms with Gasteiger partial charge in [0, 0.05) is 28.3 Å². The Balaban J connectivity index is 2.07. The lowest BCUT2D eigenvalue weighted by molar-refractivity contribution is 0.991. The van der Waals surface area contributed by atoms with Crippen LogP contribution in [0.2, 0.25) is 5.02 Å². The average Bonchev–Trinajstić information content (AvgIpc) is 3.26. The molecule has 0 amide bonds. The van der Waals surface area contributed by atoms with E-state index in [9.17, 15) is 0 Å². The van der Waals surface area contributed by atoms with Crippen LogP contribution in [0, 0.1) is 6.92 Å². The van der Waals surface area contributed by atoms with E-state index in [-0.39, 0.29) is 0 Å². The number of nitrogens with one attached hydrogen (secondary N) is 1. The number of halogens is 1. The number of anilines is 1. The number of hydrogen-bond donors (Lipinski definition) is 2. The zero-order valence-electron chi connectivity index (χ0n) is 10.7. The maximum absolute atomic E-state index is 6.16. The molecule has 0 atom stereocenters. The Morgan fingerprint density at radius 1 is 1.26 bits per heavy atom. The van der Waals surface area contributed by atoms with Crippen molar-refractivity contribution in [1.82, 2.24) is 9.97 Å². The summed E-state index contributed by atoms with van der Waals surface area (Å²) in [6.07, 6.45) is 2.38. The first-order valence-corrected chi connectivity index (χ1v) is 6.67. The summed E-state index contributed by atoms with van der Waals surface area (Å²) in [7, 11) is 0. The third kappa shape index (κ3) is 2.55. The maximum Gasteiger partial charge on any atom is 0.161 e. The molecule has 1 aliphatic carbocycles. The van der Waals surface area contributed by atoms with E-state index >= 15 is 0 Å². The minimum atomic E-state index is 0.551. The fraction of sp³-hybridized carbons (Fsp3) is 0.286. The molecule has 0 spiro atoms. The minimum Gasteiger partial charge on any atom is -0.308 e. The number of nitrogens with zero attached hydrogens (tertiary/aromatic N) is 2. The van der Waals surface area contributed by atoms with Crippen LogP contribution in [0.15, 0.2) is 24.3 Å². The highest BCUT2D eigenvalue weighted by Gasteiger charge is 2.26. The minimum absolute atomic E-state index is 0.551. The van der Waals surface area contributed by atoms with Crippen LogP contribution in [0.4, 0.5) is 5.82 Å². The van der Waals surface area contributed by atoms with Crippen LogP contribution >= 0.6 is 11.6 Å². The fourth-order valence-electron chi connectivity index (χ4n) is 1.99. The summed E-state index contributed by atoms with van der Waals surface area (Å²) in [5, 5.41) is 0.722. The number of aromatic nitrogens is 2. The molecular formula is C14H15ClN4. The van der Waals surface area contributed by atoms with Gasteiger partial charge in [0.1, 0.15) is 5.82 Å². The van der Waals surface area contributed by atoms with Gasteiger partial charge in [0.05, 0.1) is 0 Å². The normalized spacial score (nSPS) is 14.5. The van der Waals surface area contributed by atoms with Gasteiger partial charge in [0.15, 0.2) is 5.82 Å². The highest BCUT2D eigenvalue weighted by atomic mass is 35.5. The first kappa shape index (κ1) is 12.4. The van der Waals surface area contributed by atoms with Gasteiger partial charge in [-0.2, -0.15) is 0 Å². The number of nitrogens with two attached hydrogens (primary N) is 1. The van der Waals surface area contributed by atoms with E-state index in [2.05, 4.69) is 15.4 Å². The Kier molecular flexibility index (Phi) is 3.12. The van der Waals surface area contributed by atoms with Crippen LogP contribution < -0.4 is 11.3 Å². The molecule has 98 valence electrons. The van der Waals surface area contributed by atoms with E-state index in [1.807, 2.05) is 31.2 Å². The van der Waals surface area contributed by atoms with Gasteiger partial charge in [-0.25, -0.2) is 15.8 Å². The molecule has 1 aliphatic rings. The van der Waals surface area contributed by atoms with Crippen LogP contribution in [0.1, 0.15) is 30.0 Å². The van der Waals surface area contributed by atoms with Crippen molar-refractivity contribution >= 4 is 17.4 Å². The first-order valence-electron chi connectivity index (χ1n) is 6.29. The van der Waals surface area contributed by atoms with Gasteiger partial charge < -0.3 is 5.43 Å². The number of hydrogen-bond acceptors (Lipinski definition) is 4. The smallest absolute Gasteiger partial charge is 0.161 e. The van der Waals surface area contributed by atoms with Gasteiger partial charge in [-0.15, -0.1) is 0 Å². The molecule has 0 radical (unpaired) electrons. The number of benzene rings is 1.